The number of thiophene rings is 1. The number of rotatable bonds is 5. The first-order valence-electron chi connectivity index (χ1n) is 6.27. The van der Waals surface area contributed by atoms with E-state index in [1.807, 2.05) is 16.8 Å². The number of benzene rings is 1. The van der Waals surface area contributed by atoms with Gasteiger partial charge in [-0.1, -0.05) is 34.8 Å². The number of hydrogen-bond acceptors (Lipinski definition) is 4. The summed E-state index contributed by atoms with van der Waals surface area (Å²) in [5.41, 5.74) is 1.18. The molecule has 0 bridgehead atoms. The van der Waals surface area contributed by atoms with Gasteiger partial charge in [-0.05, 0) is 40.6 Å². The summed E-state index contributed by atoms with van der Waals surface area (Å²) in [4.78, 5) is 23.3. The lowest BCUT2D eigenvalue weighted by molar-refractivity contribution is -0.142. The molecular formula is C15H10Cl3NO3S. The Morgan fingerprint density at radius 2 is 1.91 bits per heavy atom. The molecule has 1 N–H and O–H groups in total. The van der Waals surface area contributed by atoms with Gasteiger partial charge < -0.3 is 10.1 Å². The van der Waals surface area contributed by atoms with Gasteiger partial charge in [0.15, 0.2) is 6.61 Å². The van der Waals surface area contributed by atoms with Crippen LogP contribution >= 0.6 is 46.1 Å². The Labute approximate surface area is 151 Å². The fraction of sp³-hybridized carbons (Fsp3) is 0.0667. The molecule has 1 amide bonds. The number of carbonyl (C=O) groups is 2. The zero-order valence-corrected chi connectivity index (χ0v) is 14.6. The van der Waals surface area contributed by atoms with Crippen molar-refractivity contribution in [3.63, 3.8) is 0 Å². The van der Waals surface area contributed by atoms with Crippen LogP contribution in [0, 0.1) is 0 Å². The van der Waals surface area contributed by atoms with E-state index in [0.717, 1.165) is 5.56 Å². The maximum Gasteiger partial charge on any atom is 0.331 e. The van der Waals surface area contributed by atoms with E-state index in [2.05, 4.69) is 5.32 Å². The first kappa shape index (κ1) is 17.8. The van der Waals surface area contributed by atoms with Gasteiger partial charge in [0.25, 0.3) is 5.91 Å². The van der Waals surface area contributed by atoms with Gasteiger partial charge in [-0.2, -0.15) is 11.3 Å². The lowest BCUT2D eigenvalue weighted by Gasteiger charge is -2.08. The Morgan fingerprint density at radius 1 is 1.17 bits per heavy atom. The molecule has 0 saturated heterocycles. The maximum absolute atomic E-state index is 11.8. The summed E-state index contributed by atoms with van der Waals surface area (Å²) in [5, 5.41) is 7.02. The number of halogens is 3. The second-order valence-electron chi connectivity index (χ2n) is 4.29. The molecule has 0 unspecified atom stereocenters. The zero-order valence-electron chi connectivity index (χ0n) is 11.5. The number of nitrogens with one attached hydrogen (secondary N) is 1. The molecule has 0 saturated carbocycles. The van der Waals surface area contributed by atoms with Crippen LogP contribution in [0.2, 0.25) is 15.1 Å². The van der Waals surface area contributed by atoms with Gasteiger partial charge in [-0.15, -0.1) is 0 Å². The van der Waals surface area contributed by atoms with Crippen molar-refractivity contribution in [1.29, 1.82) is 0 Å². The van der Waals surface area contributed by atoms with Crippen LogP contribution in [0.25, 0.3) is 6.08 Å². The van der Waals surface area contributed by atoms with Crippen LogP contribution in [0.4, 0.5) is 5.69 Å². The first-order chi connectivity index (χ1) is 11.0. The van der Waals surface area contributed by atoms with E-state index in [4.69, 9.17) is 39.5 Å². The molecule has 8 heteroatoms. The highest BCUT2D eigenvalue weighted by Gasteiger charge is 2.10. The third kappa shape index (κ3) is 5.55. The van der Waals surface area contributed by atoms with E-state index < -0.39 is 18.5 Å². The predicted molar refractivity (Wildman–Crippen MR) is 94.4 cm³/mol. The molecule has 4 nitrogen and oxygen atoms in total. The minimum atomic E-state index is -0.619. The monoisotopic (exact) mass is 389 g/mol. The molecular weight excluding hydrogens is 381 g/mol. The van der Waals surface area contributed by atoms with Crippen LogP contribution in [0.3, 0.4) is 0 Å². The summed E-state index contributed by atoms with van der Waals surface area (Å²) < 4.78 is 4.83. The molecule has 0 aliphatic carbocycles. The van der Waals surface area contributed by atoms with E-state index >= 15 is 0 Å². The number of esters is 1. The summed E-state index contributed by atoms with van der Waals surface area (Å²) in [7, 11) is 0. The van der Waals surface area contributed by atoms with Gasteiger partial charge >= 0.3 is 5.97 Å². The van der Waals surface area contributed by atoms with Crippen molar-refractivity contribution in [3.8, 4) is 0 Å². The molecule has 1 heterocycles. The van der Waals surface area contributed by atoms with Crippen LogP contribution in [-0.2, 0) is 14.3 Å². The third-order valence-corrected chi connectivity index (χ3v) is 4.32. The van der Waals surface area contributed by atoms with E-state index in [0.29, 0.717) is 0 Å². The molecule has 0 radical (unpaired) electrons. The molecule has 2 aromatic rings. The molecule has 120 valence electrons. The Balaban J connectivity index is 1.85. The molecule has 0 spiro atoms. The molecule has 0 fully saturated rings. The van der Waals surface area contributed by atoms with Crippen molar-refractivity contribution in [3.05, 3.63) is 55.7 Å². The quantitative estimate of drug-likeness (QED) is 0.448. The van der Waals surface area contributed by atoms with Crippen molar-refractivity contribution in [2.24, 2.45) is 0 Å². The number of ether oxygens (including phenoxy) is 1. The van der Waals surface area contributed by atoms with Gasteiger partial charge in [0, 0.05) is 6.08 Å². The average molecular weight is 391 g/mol. The lowest BCUT2D eigenvalue weighted by Crippen LogP contribution is -2.20. The maximum atomic E-state index is 11.8. The Bertz CT molecular complexity index is 745. The summed E-state index contributed by atoms with van der Waals surface area (Å²) in [5.74, 6) is -1.16. The fourth-order valence-corrected chi connectivity index (χ4v) is 2.75. The smallest absolute Gasteiger partial charge is 0.331 e. The Hall–Kier alpha value is -1.53. The minimum Gasteiger partial charge on any atom is -0.452 e. The number of amides is 1. The van der Waals surface area contributed by atoms with Crippen molar-refractivity contribution in [1.82, 2.24) is 0 Å². The van der Waals surface area contributed by atoms with Crippen molar-refractivity contribution in [2.45, 2.75) is 0 Å². The number of hydrogen-bond donors (Lipinski definition) is 1. The molecule has 0 aliphatic heterocycles. The molecule has 0 aliphatic rings. The average Bonchev–Trinajstić information content (AvgIpc) is 3.02. The lowest BCUT2D eigenvalue weighted by atomic mass is 10.3. The molecule has 1 aromatic carbocycles. The summed E-state index contributed by atoms with van der Waals surface area (Å²) >= 11 is 19.1. The van der Waals surface area contributed by atoms with Crippen molar-refractivity contribution < 1.29 is 14.3 Å². The Kier molecular flexibility index (Phi) is 6.47. The highest BCUT2D eigenvalue weighted by molar-refractivity contribution is 7.08. The Morgan fingerprint density at radius 3 is 2.61 bits per heavy atom. The molecule has 1 aromatic heterocycles. The summed E-state index contributed by atoms with van der Waals surface area (Å²) in [6.07, 6.45) is 2.86. The van der Waals surface area contributed by atoms with Crippen LogP contribution < -0.4 is 5.32 Å². The van der Waals surface area contributed by atoms with Gasteiger partial charge in [0.2, 0.25) is 0 Å². The van der Waals surface area contributed by atoms with E-state index in [1.165, 1.54) is 29.5 Å². The highest BCUT2D eigenvalue weighted by atomic mass is 35.5. The summed E-state index contributed by atoms with van der Waals surface area (Å²) in [6, 6.07) is 4.69. The van der Waals surface area contributed by atoms with Crippen LogP contribution in [-0.4, -0.2) is 18.5 Å². The van der Waals surface area contributed by atoms with Crippen molar-refractivity contribution >= 4 is 69.8 Å². The number of anilines is 1. The van der Waals surface area contributed by atoms with Gasteiger partial charge in [-0.25, -0.2) is 4.79 Å². The second-order valence-corrected chi connectivity index (χ2v) is 6.29. The second kappa shape index (κ2) is 8.36. The van der Waals surface area contributed by atoms with E-state index in [-0.39, 0.29) is 20.8 Å². The van der Waals surface area contributed by atoms with Gasteiger partial charge in [0.1, 0.15) is 0 Å². The molecule has 2 rings (SSSR count). The van der Waals surface area contributed by atoms with E-state index in [9.17, 15) is 9.59 Å². The van der Waals surface area contributed by atoms with Crippen LogP contribution in [0.5, 0.6) is 0 Å². The first-order valence-corrected chi connectivity index (χ1v) is 8.35. The summed E-state index contributed by atoms with van der Waals surface area (Å²) in [6.45, 7) is -0.441. The minimum absolute atomic E-state index is 0.233. The number of carbonyl (C=O) groups excluding carboxylic acids is 2. The van der Waals surface area contributed by atoms with E-state index in [1.54, 1.807) is 6.08 Å². The van der Waals surface area contributed by atoms with Crippen LogP contribution in [0.1, 0.15) is 5.56 Å². The van der Waals surface area contributed by atoms with Gasteiger partial charge in [0.05, 0.1) is 20.8 Å². The SMILES string of the molecule is O=C(COC(=O)/C=C/c1ccsc1)Nc1cc(Cl)c(Cl)cc1Cl. The largest absolute Gasteiger partial charge is 0.452 e. The zero-order chi connectivity index (χ0) is 16.8. The fourth-order valence-electron chi connectivity index (χ4n) is 1.52. The normalized spacial score (nSPS) is 10.7. The third-order valence-electron chi connectivity index (χ3n) is 2.58. The molecule has 23 heavy (non-hydrogen) atoms. The standard InChI is InChI=1S/C15H10Cl3NO3S/c16-10-5-12(18)13(6-11(10)17)19-14(20)7-22-15(21)2-1-9-3-4-23-8-9/h1-6,8H,7H2,(H,19,20)/b2-1+. The highest BCUT2D eigenvalue weighted by Crippen LogP contribution is 2.32. The van der Waals surface area contributed by atoms with Gasteiger partial charge in [-0.3, -0.25) is 4.79 Å². The topological polar surface area (TPSA) is 55.4 Å². The molecule has 0 atom stereocenters. The van der Waals surface area contributed by atoms with Crippen molar-refractivity contribution in [2.75, 3.05) is 11.9 Å². The predicted octanol–water partition coefficient (Wildman–Crippen LogP) is 4.90. The van der Waals surface area contributed by atoms with Crippen LogP contribution in [0.15, 0.2) is 35.0 Å².